The van der Waals surface area contributed by atoms with E-state index in [4.69, 9.17) is 9.84 Å². The number of allylic oxidation sites excluding steroid dienone is 2. The van der Waals surface area contributed by atoms with Crippen molar-refractivity contribution in [2.24, 2.45) is 0 Å². The molecule has 3 nitrogen and oxygen atoms in total. The zero-order chi connectivity index (χ0) is 9.52. The van der Waals surface area contributed by atoms with Crippen LogP contribution in [0.25, 0.3) is 0 Å². The number of hydrogen-bond donors (Lipinski definition) is 1. The average Bonchev–Trinajstić information content (AvgIpc) is 2.14. The summed E-state index contributed by atoms with van der Waals surface area (Å²) >= 11 is 0. The van der Waals surface area contributed by atoms with E-state index in [2.05, 4.69) is 0 Å². The molecule has 0 spiro atoms. The van der Waals surface area contributed by atoms with Gasteiger partial charge in [-0.2, -0.15) is 0 Å². The van der Waals surface area contributed by atoms with Gasteiger partial charge in [-0.05, 0) is 31.4 Å². The molecule has 0 aromatic rings. The van der Waals surface area contributed by atoms with E-state index in [1.807, 2.05) is 18.2 Å². The third-order valence-electron chi connectivity index (χ3n) is 1.90. The maximum Gasteiger partial charge on any atom is 0.303 e. The highest BCUT2D eigenvalue weighted by atomic mass is 16.5. The number of carboxylic acid groups (broad SMARTS) is 1. The molecule has 1 aliphatic heterocycles. The van der Waals surface area contributed by atoms with Crippen molar-refractivity contribution < 1.29 is 14.6 Å². The predicted octanol–water partition coefficient (Wildman–Crippen LogP) is 2.10. The van der Waals surface area contributed by atoms with Crippen molar-refractivity contribution in [1.82, 2.24) is 0 Å². The van der Waals surface area contributed by atoms with Crippen molar-refractivity contribution in [3.8, 4) is 0 Å². The smallest absolute Gasteiger partial charge is 0.303 e. The minimum atomic E-state index is -0.722. The summed E-state index contributed by atoms with van der Waals surface area (Å²) in [5.74, 6) is -0.722. The normalized spacial score (nSPS) is 19.8. The van der Waals surface area contributed by atoms with Gasteiger partial charge in [-0.15, -0.1) is 0 Å². The van der Waals surface area contributed by atoms with Gasteiger partial charge in [-0.25, -0.2) is 0 Å². The number of aliphatic carboxylic acids is 1. The third-order valence-corrected chi connectivity index (χ3v) is 1.90. The van der Waals surface area contributed by atoms with E-state index in [9.17, 15) is 4.79 Å². The van der Waals surface area contributed by atoms with Gasteiger partial charge in [0.25, 0.3) is 0 Å². The van der Waals surface area contributed by atoms with Crippen molar-refractivity contribution >= 4 is 5.97 Å². The fourth-order valence-corrected chi connectivity index (χ4v) is 1.21. The molecule has 0 saturated heterocycles. The first-order chi connectivity index (χ1) is 6.29. The van der Waals surface area contributed by atoms with Gasteiger partial charge in [-0.1, -0.05) is 6.08 Å². The summed E-state index contributed by atoms with van der Waals surface area (Å²) in [4.78, 5) is 10.2. The Labute approximate surface area is 77.7 Å². The number of hydrogen-bond acceptors (Lipinski definition) is 2. The lowest BCUT2D eigenvalue weighted by Gasteiger charge is -2.13. The second-order valence-corrected chi connectivity index (χ2v) is 3.03. The zero-order valence-electron chi connectivity index (χ0n) is 7.48. The monoisotopic (exact) mass is 182 g/mol. The van der Waals surface area contributed by atoms with Crippen LogP contribution in [0.5, 0.6) is 0 Å². The van der Waals surface area contributed by atoms with Crippen molar-refractivity contribution in [2.45, 2.75) is 31.8 Å². The Hall–Kier alpha value is -1.25. The molecule has 72 valence electrons. The van der Waals surface area contributed by atoms with Gasteiger partial charge in [0.1, 0.15) is 6.10 Å². The largest absolute Gasteiger partial charge is 0.494 e. The van der Waals surface area contributed by atoms with E-state index in [1.54, 1.807) is 6.26 Å². The molecule has 1 N–H and O–H groups in total. The Morgan fingerprint density at radius 3 is 2.85 bits per heavy atom. The van der Waals surface area contributed by atoms with E-state index in [0.717, 1.165) is 19.3 Å². The lowest BCUT2D eigenvalue weighted by molar-refractivity contribution is -0.137. The van der Waals surface area contributed by atoms with Gasteiger partial charge in [-0.3, -0.25) is 4.79 Å². The number of rotatable bonds is 5. The molecule has 13 heavy (non-hydrogen) atoms. The molecule has 0 saturated carbocycles. The Kier molecular flexibility index (Phi) is 4.09. The molecule has 1 aliphatic rings. The summed E-state index contributed by atoms with van der Waals surface area (Å²) < 4.78 is 5.27. The molecule has 1 unspecified atom stereocenters. The van der Waals surface area contributed by atoms with E-state index in [1.165, 1.54) is 0 Å². The summed E-state index contributed by atoms with van der Waals surface area (Å²) in [5, 5.41) is 8.39. The minimum Gasteiger partial charge on any atom is -0.494 e. The molecular weight excluding hydrogens is 168 g/mol. The van der Waals surface area contributed by atoms with Crippen LogP contribution in [0, 0.1) is 0 Å². The van der Waals surface area contributed by atoms with E-state index < -0.39 is 5.97 Å². The van der Waals surface area contributed by atoms with Gasteiger partial charge in [0.05, 0.1) is 6.26 Å². The highest BCUT2D eigenvalue weighted by Gasteiger charge is 2.05. The minimum absolute atomic E-state index is 0.138. The summed E-state index contributed by atoms with van der Waals surface area (Å²) in [6.07, 6.45) is 10.4. The van der Waals surface area contributed by atoms with Crippen LogP contribution in [0.2, 0.25) is 0 Å². The first-order valence-corrected chi connectivity index (χ1v) is 4.49. The summed E-state index contributed by atoms with van der Waals surface area (Å²) in [7, 11) is 0. The zero-order valence-corrected chi connectivity index (χ0v) is 7.48. The topological polar surface area (TPSA) is 46.5 Å². The molecule has 1 heterocycles. The lowest BCUT2D eigenvalue weighted by atomic mass is 10.1. The van der Waals surface area contributed by atoms with Crippen molar-refractivity contribution in [2.75, 3.05) is 0 Å². The fourth-order valence-electron chi connectivity index (χ4n) is 1.21. The molecule has 1 atom stereocenters. The molecular formula is C10H14O3. The summed E-state index contributed by atoms with van der Waals surface area (Å²) in [6, 6.07) is 0. The molecule has 0 aromatic carbocycles. The molecule has 0 aromatic heterocycles. The van der Waals surface area contributed by atoms with Crippen LogP contribution >= 0.6 is 0 Å². The molecule has 0 aliphatic carbocycles. The first-order valence-electron chi connectivity index (χ1n) is 4.49. The third kappa shape index (κ3) is 4.35. The van der Waals surface area contributed by atoms with Crippen LogP contribution in [0.1, 0.15) is 25.7 Å². The Morgan fingerprint density at radius 1 is 1.38 bits per heavy atom. The summed E-state index contributed by atoms with van der Waals surface area (Å²) in [5.41, 5.74) is 0. The Morgan fingerprint density at radius 2 is 2.23 bits per heavy atom. The van der Waals surface area contributed by atoms with Crippen LogP contribution < -0.4 is 0 Å². The van der Waals surface area contributed by atoms with Crippen LogP contribution in [0.4, 0.5) is 0 Å². The van der Waals surface area contributed by atoms with Crippen LogP contribution in [-0.2, 0) is 9.53 Å². The summed E-state index contributed by atoms with van der Waals surface area (Å²) in [6.45, 7) is 0. The number of carboxylic acids is 1. The van der Waals surface area contributed by atoms with Gasteiger partial charge in [0.2, 0.25) is 0 Å². The molecule has 0 bridgehead atoms. The standard InChI is InChI=1S/C10H14O3/c11-10(12)7-2-1-5-9-6-3-4-8-13-9/h3-4,6,8-9H,1-2,5,7H2,(H,11,12). The Balaban J connectivity index is 2.03. The molecule has 0 amide bonds. The highest BCUT2D eigenvalue weighted by molar-refractivity contribution is 5.66. The van der Waals surface area contributed by atoms with Crippen molar-refractivity contribution in [3.63, 3.8) is 0 Å². The average molecular weight is 182 g/mol. The van der Waals surface area contributed by atoms with Crippen molar-refractivity contribution in [1.29, 1.82) is 0 Å². The first kappa shape index (κ1) is 9.84. The van der Waals surface area contributed by atoms with Crippen molar-refractivity contribution in [3.05, 3.63) is 24.5 Å². The van der Waals surface area contributed by atoms with Crippen LogP contribution in [0.3, 0.4) is 0 Å². The maximum absolute atomic E-state index is 10.2. The lowest BCUT2D eigenvalue weighted by Crippen LogP contribution is -2.08. The van der Waals surface area contributed by atoms with E-state index >= 15 is 0 Å². The molecule has 0 fully saturated rings. The second kappa shape index (κ2) is 5.41. The van der Waals surface area contributed by atoms with Gasteiger partial charge < -0.3 is 9.84 Å². The fraction of sp³-hybridized carbons (Fsp3) is 0.500. The number of carbonyl (C=O) groups is 1. The van der Waals surface area contributed by atoms with E-state index in [0.29, 0.717) is 0 Å². The Bertz CT molecular complexity index is 218. The SMILES string of the molecule is O=C(O)CCCCC1C=CC=CO1. The molecule has 0 radical (unpaired) electrons. The van der Waals surface area contributed by atoms with Gasteiger partial charge in [0, 0.05) is 6.42 Å². The maximum atomic E-state index is 10.2. The quantitative estimate of drug-likeness (QED) is 0.662. The highest BCUT2D eigenvalue weighted by Crippen LogP contribution is 2.11. The van der Waals surface area contributed by atoms with Gasteiger partial charge >= 0.3 is 5.97 Å². The molecule has 1 rings (SSSR count). The van der Waals surface area contributed by atoms with Crippen LogP contribution in [-0.4, -0.2) is 17.2 Å². The number of unbranched alkanes of at least 4 members (excludes halogenated alkanes) is 1. The van der Waals surface area contributed by atoms with Gasteiger partial charge in [0.15, 0.2) is 0 Å². The predicted molar refractivity (Wildman–Crippen MR) is 49.3 cm³/mol. The second-order valence-electron chi connectivity index (χ2n) is 3.03. The molecule has 3 heteroatoms. The van der Waals surface area contributed by atoms with Crippen LogP contribution in [0.15, 0.2) is 24.5 Å². The number of ether oxygens (including phenoxy) is 1. The van der Waals surface area contributed by atoms with E-state index in [-0.39, 0.29) is 12.5 Å².